The highest BCUT2D eigenvalue weighted by Crippen LogP contribution is 2.31. The number of methoxy groups -OCH3 is 1. The molecule has 0 radical (unpaired) electrons. The standard InChI is InChI=1S/C27H28F4O2.C3H6/c1-16(6-8-17(2)18(3)24(28)25(29)19(4)33-5)7-9-21-12-15-23(27(31)26(21)30)20-10-13-22(32)14-11-20;1-3-2/h6,8,10,12,15,22,32H,1-4,7,9,11,13-14H2,5H3;3H,1H2,2H3/b8-6-,25-24-;. The number of hydrogen-bond acceptors (Lipinski definition) is 2. The van der Waals surface area contributed by atoms with Crippen LogP contribution in [0.15, 0.2) is 103 Å². The molecule has 0 bridgehead atoms. The molecule has 2 nitrogen and oxygen atoms in total. The summed E-state index contributed by atoms with van der Waals surface area (Å²) < 4.78 is 61.7. The first kappa shape index (κ1) is 30.7. The average Bonchev–Trinajstić information content (AvgIpc) is 2.87. The summed E-state index contributed by atoms with van der Waals surface area (Å²) in [6.07, 6.45) is 7.95. The van der Waals surface area contributed by atoms with E-state index in [0.29, 0.717) is 36.8 Å². The highest BCUT2D eigenvalue weighted by molar-refractivity contribution is 5.67. The summed E-state index contributed by atoms with van der Waals surface area (Å²) in [7, 11) is 1.16. The van der Waals surface area contributed by atoms with Crippen molar-refractivity contribution in [2.45, 2.75) is 45.1 Å². The predicted octanol–water partition coefficient (Wildman–Crippen LogP) is 8.55. The van der Waals surface area contributed by atoms with Crippen molar-refractivity contribution in [2.24, 2.45) is 0 Å². The molecule has 0 amide bonds. The van der Waals surface area contributed by atoms with Crippen molar-refractivity contribution in [3.63, 3.8) is 0 Å². The van der Waals surface area contributed by atoms with E-state index in [4.69, 9.17) is 0 Å². The Morgan fingerprint density at radius 1 is 1.08 bits per heavy atom. The molecule has 0 heterocycles. The lowest BCUT2D eigenvalue weighted by atomic mass is 9.90. The molecule has 1 N–H and O–H groups in total. The number of allylic oxidation sites excluding steroid dienone is 9. The Balaban J connectivity index is 0.00000205. The van der Waals surface area contributed by atoms with Crippen molar-refractivity contribution in [2.75, 3.05) is 7.11 Å². The second kappa shape index (κ2) is 14.9. The Bertz CT molecular complexity index is 1110. The van der Waals surface area contributed by atoms with Crippen molar-refractivity contribution in [3.8, 4) is 0 Å². The third-order valence-electron chi connectivity index (χ3n) is 5.46. The van der Waals surface area contributed by atoms with Gasteiger partial charge in [0.1, 0.15) is 5.76 Å². The monoisotopic (exact) mass is 502 g/mol. The quantitative estimate of drug-likeness (QED) is 0.150. The zero-order valence-corrected chi connectivity index (χ0v) is 21.0. The first-order valence-corrected chi connectivity index (χ1v) is 11.4. The van der Waals surface area contributed by atoms with Gasteiger partial charge in [0, 0.05) is 11.1 Å². The van der Waals surface area contributed by atoms with E-state index in [9.17, 15) is 22.7 Å². The molecule has 1 atom stereocenters. The summed E-state index contributed by atoms with van der Waals surface area (Å²) in [6, 6.07) is 3.10. The fourth-order valence-electron chi connectivity index (χ4n) is 3.28. The van der Waals surface area contributed by atoms with Crippen LogP contribution in [0, 0.1) is 11.6 Å². The van der Waals surface area contributed by atoms with E-state index in [-0.39, 0.29) is 28.7 Å². The van der Waals surface area contributed by atoms with Crippen molar-refractivity contribution >= 4 is 5.57 Å². The number of aliphatic hydroxyl groups is 1. The number of ether oxygens (including phenoxy) is 1. The number of benzene rings is 1. The summed E-state index contributed by atoms with van der Waals surface area (Å²) in [5, 5.41) is 9.57. The molecule has 1 aliphatic carbocycles. The van der Waals surface area contributed by atoms with Gasteiger partial charge in [0.2, 0.25) is 5.83 Å². The van der Waals surface area contributed by atoms with Gasteiger partial charge in [0.25, 0.3) is 0 Å². The first-order chi connectivity index (χ1) is 17.0. The van der Waals surface area contributed by atoms with Crippen LogP contribution in [0.25, 0.3) is 5.57 Å². The molecule has 1 aromatic carbocycles. The Hall–Kier alpha value is -3.38. The van der Waals surface area contributed by atoms with Gasteiger partial charge in [0.05, 0.1) is 13.2 Å². The largest absolute Gasteiger partial charge is 0.494 e. The number of rotatable bonds is 10. The van der Waals surface area contributed by atoms with Crippen LogP contribution >= 0.6 is 0 Å². The van der Waals surface area contributed by atoms with Crippen LogP contribution < -0.4 is 0 Å². The fraction of sp³-hybridized carbons (Fsp3) is 0.267. The van der Waals surface area contributed by atoms with E-state index in [1.54, 1.807) is 24.3 Å². The molecule has 1 unspecified atom stereocenters. The summed E-state index contributed by atoms with van der Waals surface area (Å²) in [6.45, 7) is 19.5. The van der Waals surface area contributed by atoms with Gasteiger partial charge in [0.15, 0.2) is 17.5 Å². The van der Waals surface area contributed by atoms with Gasteiger partial charge in [-0.2, -0.15) is 4.39 Å². The van der Waals surface area contributed by atoms with Gasteiger partial charge in [-0.25, -0.2) is 13.2 Å². The van der Waals surface area contributed by atoms with Gasteiger partial charge in [-0.1, -0.05) is 68.3 Å². The molecule has 1 aromatic rings. The molecule has 0 saturated heterocycles. The molecule has 0 saturated carbocycles. The number of hydrogen-bond donors (Lipinski definition) is 1. The highest BCUT2D eigenvalue weighted by Gasteiger charge is 2.19. The van der Waals surface area contributed by atoms with Gasteiger partial charge in [-0.3, -0.25) is 0 Å². The highest BCUT2D eigenvalue weighted by atomic mass is 19.2. The predicted molar refractivity (Wildman–Crippen MR) is 140 cm³/mol. The van der Waals surface area contributed by atoms with E-state index < -0.39 is 35.2 Å². The minimum Gasteiger partial charge on any atom is -0.494 e. The van der Waals surface area contributed by atoms with E-state index in [1.165, 1.54) is 12.2 Å². The van der Waals surface area contributed by atoms with Crippen molar-refractivity contribution in [1.29, 1.82) is 0 Å². The second-order valence-electron chi connectivity index (χ2n) is 8.22. The van der Waals surface area contributed by atoms with Crippen LogP contribution in [0.4, 0.5) is 17.6 Å². The zero-order chi connectivity index (χ0) is 27.4. The Labute approximate surface area is 211 Å². The third-order valence-corrected chi connectivity index (χ3v) is 5.46. The van der Waals surface area contributed by atoms with Crippen LogP contribution in [0.2, 0.25) is 0 Å². The molecule has 6 heteroatoms. The van der Waals surface area contributed by atoms with Gasteiger partial charge in [-0.15, -0.1) is 6.58 Å². The van der Waals surface area contributed by atoms with Crippen molar-refractivity contribution in [3.05, 3.63) is 126 Å². The van der Waals surface area contributed by atoms with Gasteiger partial charge >= 0.3 is 0 Å². The van der Waals surface area contributed by atoms with Crippen LogP contribution in [0.3, 0.4) is 0 Å². The molecule has 2 rings (SSSR count). The molecule has 0 spiro atoms. The smallest absolute Gasteiger partial charge is 0.200 e. The first-order valence-electron chi connectivity index (χ1n) is 11.4. The molecule has 1 aliphatic rings. The zero-order valence-electron chi connectivity index (χ0n) is 21.0. The third kappa shape index (κ3) is 8.68. The van der Waals surface area contributed by atoms with E-state index >= 15 is 0 Å². The SMILES string of the molecule is C=C(/C=C\C(=C)C(=C)/C(F)=C(/F)C(=C)OC)CCc1ccc(C2=CCC(O)CC2)c(F)c1F.C=CC. The second-order valence-corrected chi connectivity index (χ2v) is 8.22. The molecule has 0 fully saturated rings. The lowest BCUT2D eigenvalue weighted by Crippen LogP contribution is -2.11. The Morgan fingerprint density at radius 3 is 2.28 bits per heavy atom. The maximum absolute atomic E-state index is 14.6. The lowest BCUT2D eigenvalue weighted by Gasteiger charge is -2.18. The maximum atomic E-state index is 14.6. The lowest BCUT2D eigenvalue weighted by molar-refractivity contribution is 0.166. The van der Waals surface area contributed by atoms with E-state index in [2.05, 4.69) is 37.6 Å². The van der Waals surface area contributed by atoms with E-state index in [1.807, 2.05) is 6.92 Å². The van der Waals surface area contributed by atoms with Crippen LogP contribution in [-0.2, 0) is 11.2 Å². The molecular formula is C30H34F4O2. The molecule has 0 aliphatic heterocycles. The normalized spacial score (nSPS) is 15.8. The van der Waals surface area contributed by atoms with Crippen molar-refractivity contribution in [1.82, 2.24) is 0 Å². The fourth-order valence-corrected chi connectivity index (χ4v) is 3.28. The average molecular weight is 503 g/mol. The Morgan fingerprint density at radius 2 is 1.72 bits per heavy atom. The minimum absolute atomic E-state index is 0.111. The number of aliphatic hydroxyl groups excluding tert-OH is 1. The summed E-state index contributed by atoms with van der Waals surface area (Å²) in [4.78, 5) is 0. The topological polar surface area (TPSA) is 29.5 Å². The molecule has 194 valence electrons. The molecule has 0 aromatic heterocycles. The van der Waals surface area contributed by atoms with Gasteiger partial charge in [-0.05, 0) is 55.7 Å². The van der Waals surface area contributed by atoms with Gasteiger partial charge < -0.3 is 9.84 Å². The van der Waals surface area contributed by atoms with Crippen molar-refractivity contribution < 1.29 is 27.4 Å². The summed E-state index contributed by atoms with van der Waals surface area (Å²) in [5.74, 6) is -4.77. The van der Waals surface area contributed by atoms with Crippen LogP contribution in [-0.4, -0.2) is 18.3 Å². The van der Waals surface area contributed by atoms with Crippen LogP contribution in [0.1, 0.15) is 43.7 Å². The molecular weight excluding hydrogens is 468 g/mol. The van der Waals surface area contributed by atoms with E-state index in [0.717, 1.165) is 7.11 Å². The summed E-state index contributed by atoms with van der Waals surface area (Å²) >= 11 is 0. The van der Waals surface area contributed by atoms with Crippen LogP contribution in [0.5, 0.6) is 0 Å². The maximum Gasteiger partial charge on any atom is 0.200 e. The number of halogens is 4. The molecule has 36 heavy (non-hydrogen) atoms. The minimum atomic E-state index is -1.27. The summed E-state index contributed by atoms with van der Waals surface area (Å²) in [5.41, 5.74) is 1.52. The Kier molecular flexibility index (Phi) is 12.7. The number of aryl methyl sites for hydroxylation is 1.